The maximum atomic E-state index is 12.1. The summed E-state index contributed by atoms with van der Waals surface area (Å²) >= 11 is 5.80. The van der Waals surface area contributed by atoms with Gasteiger partial charge in [-0.05, 0) is 41.8 Å². The molecule has 0 amide bonds. The van der Waals surface area contributed by atoms with Crippen molar-refractivity contribution in [3.63, 3.8) is 0 Å². The van der Waals surface area contributed by atoms with Crippen molar-refractivity contribution in [2.45, 2.75) is 12.2 Å². The van der Waals surface area contributed by atoms with Gasteiger partial charge in [0.25, 0.3) is 0 Å². The van der Waals surface area contributed by atoms with Crippen LogP contribution in [0.25, 0.3) is 11.0 Å². The smallest absolute Gasteiger partial charge is 0.215 e. The Morgan fingerprint density at radius 2 is 1.83 bits per heavy atom. The molecule has 7 heteroatoms. The highest BCUT2D eigenvalue weighted by Gasteiger charge is 2.11. The van der Waals surface area contributed by atoms with Crippen LogP contribution in [0.3, 0.4) is 0 Å². The van der Waals surface area contributed by atoms with Crippen LogP contribution in [0.15, 0.2) is 48.8 Å². The fraction of sp³-hybridized carbons (Fsp3) is 0.188. The van der Waals surface area contributed by atoms with Crippen molar-refractivity contribution in [3.8, 4) is 0 Å². The number of aromatic nitrogens is 2. The number of rotatable bonds is 6. The molecule has 0 aliphatic carbocycles. The molecule has 3 rings (SSSR count). The van der Waals surface area contributed by atoms with E-state index in [1.807, 2.05) is 18.2 Å². The zero-order valence-electron chi connectivity index (χ0n) is 12.3. The van der Waals surface area contributed by atoms with Gasteiger partial charge in [-0.1, -0.05) is 29.8 Å². The molecule has 0 spiro atoms. The van der Waals surface area contributed by atoms with Gasteiger partial charge < -0.3 is 4.98 Å². The Morgan fingerprint density at radius 1 is 1.09 bits per heavy atom. The first-order valence-corrected chi connectivity index (χ1v) is 9.19. The molecule has 0 bridgehead atoms. The standard InChI is InChI=1S/C16H16ClN3O2S/c17-14-4-1-13(2-5-14)10-23(21,22)20-8-7-12-3-6-15-16(9-12)19-11-18-15/h1-6,9,11,20H,7-8,10H2,(H,18,19). The summed E-state index contributed by atoms with van der Waals surface area (Å²) in [6, 6.07) is 12.7. The molecule has 0 atom stereocenters. The number of nitrogens with one attached hydrogen (secondary N) is 2. The Hall–Kier alpha value is -1.89. The molecule has 2 N–H and O–H groups in total. The van der Waals surface area contributed by atoms with Crippen molar-refractivity contribution < 1.29 is 8.42 Å². The maximum absolute atomic E-state index is 12.1. The van der Waals surface area contributed by atoms with Crippen LogP contribution in [-0.2, 0) is 22.2 Å². The molecule has 1 aromatic heterocycles. The highest BCUT2D eigenvalue weighted by atomic mass is 35.5. The van der Waals surface area contributed by atoms with Crippen LogP contribution in [0.2, 0.25) is 5.02 Å². The van der Waals surface area contributed by atoms with Crippen molar-refractivity contribution in [3.05, 3.63) is 64.9 Å². The van der Waals surface area contributed by atoms with Crippen LogP contribution in [0.1, 0.15) is 11.1 Å². The molecule has 23 heavy (non-hydrogen) atoms. The van der Waals surface area contributed by atoms with Gasteiger partial charge in [-0.3, -0.25) is 0 Å². The summed E-state index contributed by atoms with van der Waals surface area (Å²) in [4.78, 5) is 7.20. The number of H-pyrrole nitrogens is 1. The predicted octanol–water partition coefficient (Wildman–Crippen LogP) is 2.88. The molecule has 0 saturated heterocycles. The lowest BCUT2D eigenvalue weighted by Gasteiger charge is -2.07. The van der Waals surface area contributed by atoms with Crippen LogP contribution in [0.4, 0.5) is 0 Å². The fourth-order valence-electron chi connectivity index (χ4n) is 2.34. The molecule has 0 aliphatic rings. The summed E-state index contributed by atoms with van der Waals surface area (Å²) in [5, 5.41) is 0.591. The Kier molecular flexibility index (Phi) is 4.66. The monoisotopic (exact) mass is 349 g/mol. The highest BCUT2D eigenvalue weighted by molar-refractivity contribution is 7.88. The Labute approximate surface area is 139 Å². The highest BCUT2D eigenvalue weighted by Crippen LogP contribution is 2.13. The number of hydrogen-bond donors (Lipinski definition) is 2. The lowest BCUT2D eigenvalue weighted by molar-refractivity contribution is 0.581. The van der Waals surface area contributed by atoms with E-state index in [-0.39, 0.29) is 5.75 Å². The van der Waals surface area contributed by atoms with E-state index in [2.05, 4.69) is 14.7 Å². The van der Waals surface area contributed by atoms with Crippen molar-refractivity contribution in [1.29, 1.82) is 0 Å². The summed E-state index contributed by atoms with van der Waals surface area (Å²) in [5.74, 6) is -0.0518. The van der Waals surface area contributed by atoms with Gasteiger partial charge in [0.2, 0.25) is 10.0 Å². The lowest BCUT2D eigenvalue weighted by Crippen LogP contribution is -2.27. The van der Waals surface area contributed by atoms with E-state index in [4.69, 9.17) is 11.6 Å². The topological polar surface area (TPSA) is 74.8 Å². The summed E-state index contributed by atoms with van der Waals surface area (Å²) in [6.45, 7) is 0.357. The first-order valence-electron chi connectivity index (χ1n) is 7.16. The van der Waals surface area contributed by atoms with Crippen LogP contribution in [0.5, 0.6) is 0 Å². The van der Waals surface area contributed by atoms with Crippen molar-refractivity contribution >= 4 is 32.7 Å². The molecule has 0 saturated carbocycles. The number of halogens is 1. The minimum absolute atomic E-state index is 0.0518. The molecule has 0 aliphatic heterocycles. The minimum Gasteiger partial charge on any atom is -0.345 e. The average Bonchev–Trinajstić information content (AvgIpc) is 2.97. The van der Waals surface area contributed by atoms with Gasteiger partial charge >= 0.3 is 0 Å². The third-order valence-corrected chi connectivity index (χ3v) is 5.10. The third kappa shape index (κ3) is 4.31. The normalized spacial score (nSPS) is 11.9. The quantitative estimate of drug-likeness (QED) is 0.718. The second-order valence-corrected chi connectivity index (χ2v) is 7.53. The maximum Gasteiger partial charge on any atom is 0.215 e. The minimum atomic E-state index is -3.36. The number of aromatic amines is 1. The number of benzene rings is 2. The van der Waals surface area contributed by atoms with Gasteiger partial charge in [-0.25, -0.2) is 18.1 Å². The molecule has 0 unspecified atom stereocenters. The third-order valence-electron chi connectivity index (χ3n) is 3.49. The molecule has 3 aromatic rings. The zero-order chi connectivity index (χ0) is 16.3. The average molecular weight is 350 g/mol. The number of hydrogen-bond acceptors (Lipinski definition) is 3. The van der Waals surface area contributed by atoms with E-state index in [1.165, 1.54) is 0 Å². The molecule has 2 aromatic carbocycles. The molecular weight excluding hydrogens is 334 g/mol. The van der Waals surface area contributed by atoms with Gasteiger partial charge in [0.1, 0.15) is 0 Å². The Balaban J connectivity index is 1.57. The summed E-state index contributed by atoms with van der Waals surface area (Å²) < 4.78 is 26.8. The van der Waals surface area contributed by atoms with Gasteiger partial charge in [-0.2, -0.15) is 0 Å². The number of imidazole rings is 1. The first kappa shape index (κ1) is 16.0. The molecular formula is C16H16ClN3O2S. The Bertz CT molecular complexity index is 904. The predicted molar refractivity (Wildman–Crippen MR) is 91.9 cm³/mol. The van der Waals surface area contributed by atoms with Gasteiger partial charge in [0, 0.05) is 11.6 Å². The molecule has 0 fully saturated rings. The van der Waals surface area contributed by atoms with E-state index in [0.29, 0.717) is 23.6 Å². The number of fused-ring (bicyclic) bond motifs is 1. The fourth-order valence-corrected chi connectivity index (χ4v) is 3.61. The second-order valence-electron chi connectivity index (χ2n) is 5.28. The summed E-state index contributed by atoms with van der Waals surface area (Å²) in [6.07, 6.45) is 2.26. The SMILES string of the molecule is O=S(=O)(Cc1ccc(Cl)cc1)NCCc1ccc2nc[nH]c2c1. The second kappa shape index (κ2) is 6.70. The Morgan fingerprint density at radius 3 is 2.61 bits per heavy atom. The number of sulfonamides is 1. The molecule has 120 valence electrons. The van der Waals surface area contributed by atoms with Gasteiger partial charge in [0.05, 0.1) is 23.1 Å². The lowest BCUT2D eigenvalue weighted by atomic mass is 10.1. The van der Waals surface area contributed by atoms with Crippen molar-refractivity contribution in [2.75, 3.05) is 6.54 Å². The van der Waals surface area contributed by atoms with E-state index in [1.54, 1.807) is 30.6 Å². The molecule has 5 nitrogen and oxygen atoms in total. The number of nitrogens with zero attached hydrogens (tertiary/aromatic N) is 1. The zero-order valence-corrected chi connectivity index (χ0v) is 13.9. The van der Waals surface area contributed by atoms with E-state index < -0.39 is 10.0 Å². The molecule has 0 radical (unpaired) electrons. The van der Waals surface area contributed by atoms with Crippen molar-refractivity contribution in [2.24, 2.45) is 0 Å². The van der Waals surface area contributed by atoms with Gasteiger partial charge in [0.15, 0.2) is 0 Å². The summed E-state index contributed by atoms with van der Waals surface area (Å²) in [7, 11) is -3.36. The van der Waals surface area contributed by atoms with Crippen LogP contribution in [-0.4, -0.2) is 24.9 Å². The molecule has 1 heterocycles. The van der Waals surface area contributed by atoms with Gasteiger partial charge in [-0.15, -0.1) is 0 Å². The van der Waals surface area contributed by atoms with E-state index in [9.17, 15) is 8.42 Å². The van der Waals surface area contributed by atoms with E-state index in [0.717, 1.165) is 16.6 Å². The van der Waals surface area contributed by atoms with Crippen LogP contribution >= 0.6 is 11.6 Å². The van der Waals surface area contributed by atoms with Crippen LogP contribution in [0, 0.1) is 0 Å². The van der Waals surface area contributed by atoms with Crippen molar-refractivity contribution in [1.82, 2.24) is 14.7 Å². The first-order chi connectivity index (χ1) is 11.0. The van der Waals surface area contributed by atoms with E-state index >= 15 is 0 Å². The largest absolute Gasteiger partial charge is 0.345 e. The summed E-state index contributed by atoms with van der Waals surface area (Å²) in [5.41, 5.74) is 3.61. The van der Waals surface area contributed by atoms with Crippen LogP contribution < -0.4 is 4.72 Å².